The fraction of sp³-hybridized carbons (Fsp3) is 0.647. The van der Waals surface area contributed by atoms with E-state index < -0.39 is 16.4 Å². The standard InChI is InChI=1S/C17H26N2O3S/c1-13-8-9-18-15(11-13)23(21)12-14-7-5-6-10-19(14)16(20)22-17(2,3)4/h8-9,11,14H,5-7,10,12H2,1-4H3/t14-,23-/m1/s1. The van der Waals surface area contributed by atoms with E-state index in [0.717, 1.165) is 24.8 Å². The molecule has 23 heavy (non-hydrogen) atoms. The van der Waals surface area contributed by atoms with Crippen molar-refractivity contribution in [1.82, 2.24) is 9.88 Å². The summed E-state index contributed by atoms with van der Waals surface area (Å²) in [4.78, 5) is 18.3. The fourth-order valence-electron chi connectivity index (χ4n) is 2.63. The fourth-order valence-corrected chi connectivity index (χ4v) is 3.99. The number of nitrogens with zero attached hydrogens (tertiary/aromatic N) is 2. The molecule has 0 N–H and O–H groups in total. The number of carbonyl (C=O) groups excluding carboxylic acids is 1. The maximum Gasteiger partial charge on any atom is 0.410 e. The van der Waals surface area contributed by atoms with Crippen molar-refractivity contribution in [1.29, 1.82) is 0 Å². The van der Waals surface area contributed by atoms with Gasteiger partial charge in [0.05, 0.1) is 16.6 Å². The van der Waals surface area contributed by atoms with Crippen molar-refractivity contribution in [3.63, 3.8) is 0 Å². The third-order valence-corrected chi connectivity index (χ3v) is 5.10. The van der Waals surface area contributed by atoms with E-state index >= 15 is 0 Å². The van der Waals surface area contributed by atoms with E-state index in [1.807, 2.05) is 39.8 Å². The van der Waals surface area contributed by atoms with Crippen LogP contribution in [-0.4, -0.2) is 44.1 Å². The van der Waals surface area contributed by atoms with Crippen LogP contribution in [0.5, 0.6) is 0 Å². The molecule has 128 valence electrons. The molecule has 0 unspecified atom stereocenters. The quantitative estimate of drug-likeness (QED) is 0.848. The summed E-state index contributed by atoms with van der Waals surface area (Å²) in [6, 6.07) is 3.67. The van der Waals surface area contributed by atoms with Gasteiger partial charge in [-0.25, -0.2) is 9.78 Å². The van der Waals surface area contributed by atoms with Crippen molar-refractivity contribution in [2.24, 2.45) is 0 Å². The van der Waals surface area contributed by atoms with E-state index in [0.29, 0.717) is 17.3 Å². The number of hydrogen-bond donors (Lipinski definition) is 0. The van der Waals surface area contributed by atoms with Gasteiger partial charge < -0.3 is 9.64 Å². The molecule has 6 heteroatoms. The van der Waals surface area contributed by atoms with E-state index in [1.54, 1.807) is 11.1 Å². The van der Waals surface area contributed by atoms with Gasteiger partial charge >= 0.3 is 6.09 Å². The predicted molar refractivity (Wildman–Crippen MR) is 90.8 cm³/mol. The smallest absolute Gasteiger partial charge is 0.410 e. The van der Waals surface area contributed by atoms with Crippen LogP contribution in [0.3, 0.4) is 0 Å². The Labute approximate surface area is 140 Å². The summed E-state index contributed by atoms with van der Waals surface area (Å²) in [5, 5.41) is 0.583. The number of pyridine rings is 1. The molecule has 1 amide bonds. The number of hydrogen-bond acceptors (Lipinski definition) is 4. The van der Waals surface area contributed by atoms with Crippen LogP contribution in [0.25, 0.3) is 0 Å². The van der Waals surface area contributed by atoms with Gasteiger partial charge in [0, 0.05) is 18.8 Å². The predicted octanol–water partition coefficient (Wildman–Crippen LogP) is 3.29. The maximum atomic E-state index is 12.6. The number of carbonyl (C=O) groups is 1. The Bertz CT molecular complexity index is 583. The third-order valence-electron chi connectivity index (χ3n) is 3.72. The van der Waals surface area contributed by atoms with Gasteiger partial charge in [-0.2, -0.15) is 0 Å². The first-order valence-electron chi connectivity index (χ1n) is 8.07. The lowest BCUT2D eigenvalue weighted by molar-refractivity contribution is 0.0125. The van der Waals surface area contributed by atoms with Gasteiger partial charge in [-0.15, -0.1) is 0 Å². The zero-order valence-electron chi connectivity index (χ0n) is 14.4. The van der Waals surface area contributed by atoms with Gasteiger partial charge in [0.15, 0.2) is 0 Å². The monoisotopic (exact) mass is 338 g/mol. The van der Waals surface area contributed by atoms with Gasteiger partial charge in [-0.1, -0.05) is 0 Å². The summed E-state index contributed by atoms with van der Waals surface area (Å²) < 4.78 is 18.1. The average Bonchev–Trinajstić information content (AvgIpc) is 2.46. The van der Waals surface area contributed by atoms with Crippen molar-refractivity contribution in [3.8, 4) is 0 Å². The second-order valence-electron chi connectivity index (χ2n) is 7.01. The molecule has 0 aromatic carbocycles. The normalized spacial score (nSPS) is 20.2. The molecule has 2 atom stereocenters. The third kappa shape index (κ3) is 5.30. The van der Waals surface area contributed by atoms with Crippen molar-refractivity contribution in [2.45, 2.75) is 63.6 Å². The Hall–Kier alpha value is -1.43. The maximum absolute atomic E-state index is 12.6. The first-order valence-corrected chi connectivity index (χ1v) is 9.39. The van der Waals surface area contributed by atoms with Crippen LogP contribution in [0.4, 0.5) is 4.79 Å². The lowest BCUT2D eigenvalue weighted by Gasteiger charge is -2.36. The highest BCUT2D eigenvalue weighted by Crippen LogP contribution is 2.22. The van der Waals surface area contributed by atoms with Gasteiger partial charge in [0.25, 0.3) is 0 Å². The first kappa shape index (κ1) is 17.9. The Balaban J connectivity index is 2.06. The van der Waals surface area contributed by atoms with Gasteiger partial charge in [-0.3, -0.25) is 4.21 Å². The SMILES string of the molecule is Cc1ccnc([S@](=O)C[C@H]2CCCCN2C(=O)OC(C)(C)C)c1. The molecule has 0 radical (unpaired) electrons. The molecule has 1 saturated heterocycles. The van der Waals surface area contributed by atoms with E-state index in [2.05, 4.69) is 4.98 Å². The molecular weight excluding hydrogens is 312 g/mol. The number of piperidine rings is 1. The van der Waals surface area contributed by atoms with Crippen molar-refractivity contribution < 1.29 is 13.7 Å². The Morgan fingerprint density at radius 2 is 2.17 bits per heavy atom. The molecule has 1 aromatic rings. The Kier molecular flexibility index (Phi) is 5.79. The van der Waals surface area contributed by atoms with Crippen LogP contribution in [0.2, 0.25) is 0 Å². The lowest BCUT2D eigenvalue weighted by Crippen LogP contribution is -2.48. The molecule has 0 saturated carbocycles. The molecule has 0 aliphatic carbocycles. The number of likely N-dealkylation sites (tertiary alicyclic amines) is 1. The molecule has 1 aliphatic rings. The number of aryl methyl sites for hydroxylation is 1. The Morgan fingerprint density at radius 1 is 1.43 bits per heavy atom. The van der Waals surface area contributed by atoms with Crippen LogP contribution in [0.1, 0.15) is 45.6 Å². The summed E-state index contributed by atoms with van der Waals surface area (Å²) in [5.74, 6) is 0.412. The minimum Gasteiger partial charge on any atom is -0.444 e. The second kappa shape index (κ2) is 7.43. The minimum absolute atomic E-state index is 0.0539. The summed E-state index contributed by atoms with van der Waals surface area (Å²) in [6.07, 6.45) is 4.23. The summed E-state index contributed by atoms with van der Waals surface area (Å²) >= 11 is 0. The zero-order chi connectivity index (χ0) is 17.0. The molecule has 0 bridgehead atoms. The number of amides is 1. The molecule has 5 nitrogen and oxygen atoms in total. The van der Waals surface area contributed by atoms with Crippen LogP contribution in [0, 0.1) is 6.92 Å². The molecule has 2 heterocycles. The number of rotatable bonds is 3. The van der Waals surface area contributed by atoms with Gasteiger partial charge in [0.1, 0.15) is 10.6 Å². The topological polar surface area (TPSA) is 59.5 Å². The molecule has 1 aromatic heterocycles. The molecule has 1 aliphatic heterocycles. The number of ether oxygens (including phenoxy) is 1. The molecule has 1 fully saturated rings. The van der Waals surface area contributed by atoms with E-state index in [4.69, 9.17) is 4.74 Å². The first-order chi connectivity index (χ1) is 10.8. The number of aromatic nitrogens is 1. The Morgan fingerprint density at radius 3 is 2.83 bits per heavy atom. The van der Waals surface area contributed by atoms with E-state index in [1.165, 1.54) is 0 Å². The van der Waals surface area contributed by atoms with Crippen molar-refractivity contribution in [3.05, 3.63) is 23.9 Å². The largest absolute Gasteiger partial charge is 0.444 e. The van der Waals surface area contributed by atoms with Crippen LogP contribution < -0.4 is 0 Å². The molecule has 0 spiro atoms. The summed E-state index contributed by atoms with van der Waals surface area (Å²) in [6.45, 7) is 8.20. The van der Waals surface area contributed by atoms with Crippen molar-refractivity contribution in [2.75, 3.05) is 12.3 Å². The summed E-state index contributed by atoms with van der Waals surface area (Å²) in [5.41, 5.74) is 0.520. The second-order valence-corrected chi connectivity index (χ2v) is 8.45. The average molecular weight is 338 g/mol. The minimum atomic E-state index is -1.21. The molecular formula is C17H26N2O3S. The van der Waals surface area contributed by atoms with E-state index in [9.17, 15) is 9.00 Å². The highest BCUT2D eigenvalue weighted by atomic mass is 32.2. The highest BCUT2D eigenvalue weighted by molar-refractivity contribution is 7.85. The van der Waals surface area contributed by atoms with Gasteiger partial charge in [-0.05, 0) is 64.7 Å². The van der Waals surface area contributed by atoms with Crippen LogP contribution in [0.15, 0.2) is 23.4 Å². The highest BCUT2D eigenvalue weighted by Gasteiger charge is 2.31. The molecule has 2 rings (SSSR count). The van der Waals surface area contributed by atoms with Crippen molar-refractivity contribution >= 4 is 16.9 Å². The summed E-state index contributed by atoms with van der Waals surface area (Å²) in [7, 11) is -1.21. The lowest BCUT2D eigenvalue weighted by atomic mass is 10.0. The van der Waals surface area contributed by atoms with Gasteiger partial charge in [0.2, 0.25) is 0 Å². The van der Waals surface area contributed by atoms with Crippen LogP contribution in [-0.2, 0) is 15.5 Å². The van der Waals surface area contributed by atoms with E-state index in [-0.39, 0.29) is 12.1 Å². The van der Waals surface area contributed by atoms with Crippen LogP contribution >= 0.6 is 0 Å². The zero-order valence-corrected chi connectivity index (χ0v) is 15.2.